The molecule has 0 spiro atoms. The third-order valence-electron chi connectivity index (χ3n) is 6.08. The highest BCUT2D eigenvalue weighted by atomic mass is 16.5. The number of hydrogen-bond acceptors (Lipinski definition) is 4. The van der Waals surface area contributed by atoms with Gasteiger partial charge in [-0.2, -0.15) is 0 Å². The topological polar surface area (TPSA) is 58.9 Å². The molecule has 0 unspecified atom stereocenters. The second-order valence-electron chi connectivity index (χ2n) is 7.07. The van der Waals surface area contributed by atoms with Crippen molar-refractivity contribution in [1.82, 2.24) is 0 Å². The summed E-state index contributed by atoms with van der Waals surface area (Å²) in [7, 11) is 1.55. The number of methoxy groups -OCH3 is 1. The Hall–Kier alpha value is -1.52. The van der Waals surface area contributed by atoms with Crippen LogP contribution >= 0.6 is 0 Å². The number of phenols is 1. The quantitative estimate of drug-likeness (QED) is 0.840. The first-order valence-corrected chi connectivity index (χ1v) is 8.22. The monoisotopic (exact) mass is 318 g/mol. The molecule has 0 amide bonds. The van der Waals surface area contributed by atoms with Crippen LogP contribution in [-0.4, -0.2) is 30.5 Å². The molecule has 1 aliphatic carbocycles. The van der Waals surface area contributed by atoms with Gasteiger partial charge in [-0.1, -0.05) is 31.6 Å². The molecule has 0 saturated carbocycles. The van der Waals surface area contributed by atoms with Gasteiger partial charge >= 0.3 is 0 Å². The van der Waals surface area contributed by atoms with Crippen LogP contribution in [0.15, 0.2) is 29.8 Å². The van der Waals surface area contributed by atoms with Gasteiger partial charge in [0.05, 0.1) is 26.4 Å². The molecule has 1 heterocycles. The lowest BCUT2D eigenvalue weighted by molar-refractivity contribution is -0.165. The minimum Gasteiger partial charge on any atom is -0.504 e. The molecule has 126 valence electrons. The van der Waals surface area contributed by atoms with Crippen molar-refractivity contribution in [3.05, 3.63) is 35.4 Å². The summed E-state index contributed by atoms with van der Waals surface area (Å²) in [5.74, 6) is 1.44. The van der Waals surface area contributed by atoms with Crippen LogP contribution in [0.1, 0.15) is 32.4 Å². The first-order chi connectivity index (χ1) is 10.9. The number of allylic oxidation sites excluding steroid dienone is 1. The summed E-state index contributed by atoms with van der Waals surface area (Å²) in [6.45, 7) is 7.22. The normalized spacial score (nSPS) is 36.5. The van der Waals surface area contributed by atoms with Gasteiger partial charge < -0.3 is 19.7 Å². The first-order valence-electron chi connectivity index (χ1n) is 8.22. The fraction of sp³-hybridized carbons (Fsp3) is 0.579. The van der Waals surface area contributed by atoms with Gasteiger partial charge in [0.1, 0.15) is 0 Å². The zero-order valence-corrected chi connectivity index (χ0v) is 14.2. The molecule has 4 nitrogen and oxygen atoms in total. The van der Waals surface area contributed by atoms with E-state index in [9.17, 15) is 10.2 Å². The average molecular weight is 318 g/mol. The van der Waals surface area contributed by atoms with Crippen molar-refractivity contribution < 1.29 is 19.7 Å². The van der Waals surface area contributed by atoms with Crippen molar-refractivity contribution in [3.63, 3.8) is 0 Å². The second kappa shape index (κ2) is 5.84. The summed E-state index contributed by atoms with van der Waals surface area (Å²) in [5, 5.41) is 19.9. The van der Waals surface area contributed by atoms with Crippen molar-refractivity contribution >= 4 is 0 Å². The fourth-order valence-corrected chi connectivity index (χ4v) is 4.46. The molecule has 1 aliphatic heterocycles. The Morgan fingerprint density at radius 1 is 1.35 bits per heavy atom. The SMILES string of the molecule is COc1cc([C@@H]2OC[C@]3(CO)[C@H](C)[C@@H]2C(C)=C[C@@H]3C)ccc1O. The van der Waals surface area contributed by atoms with Gasteiger partial charge in [-0.15, -0.1) is 0 Å². The van der Waals surface area contributed by atoms with Crippen molar-refractivity contribution in [2.75, 3.05) is 20.3 Å². The van der Waals surface area contributed by atoms with E-state index in [0.717, 1.165) is 5.56 Å². The molecule has 2 aliphatic rings. The zero-order valence-electron chi connectivity index (χ0n) is 14.2. The molecule has 3 rings (SSSR count). The van der Waals surface area contributed by atoms with E-state index in [1.165, 1.54) is 5.57 Å². The van der Waals surface area contributed by atoms with Gasteiger partial charge in [0.15, 0.2) is 11.5 Å². The molecule has 5 atom stereocenters. The lowest BCUT2D eigenvalue weighted by atomic mass is 9.56. The predicted octanol–water partition coefficient (Wildman–Crippen LogP) is 3.30. The molecule has 4 heteroatoms. The molecular weight excluding hydrogens is 292 g/mol. The van der Waals surface area contributed by atoms with E-state index in [0.29, 0.717) is 24.2 Å². The van der Waals surface area contributed by atoms with Gasteiger partial charge in [-0.3, -0.25) is 0 Å². The summed E-state index contributed by atoms with van der Waals surface area (Å²) >= 11 is 0. The molecule has 1 aromatic carbocycles. The number of aliphatic hydroxyl groups is 1. The van der Waals surface area contributed by atoms with Crippen LogP contribution in [-0.2, 0) is 4.74 Å². The minimum absolute atomic E-state index is 0.0806. The fourth-order valence-electron chi connectivity index (χ4n) is 4.46. The Bertz CT molecular complexity index is 624. The maximum atomic E-state index is 10.0. The predicted molar refractivity (Wildman–Crippen MR) is 88.4 cm³/mol. The maximum absolute atomic E-state index is 10.0. The number of phenolic OH excluding ortho intramolecular Hbond substituents is 1. The van der Waals surface area contributed by atoms with Crippen molar-refractivity contribution in [3.8, 4) is 11.5 Å². The Labute approximate surface area is 137 Å². The van der Waals surface area contributed by atoms with Crippen LogP contribution < -0.4 is 4.74 Å². The summed E-state index contributed by atoms with van der Waals surface area (Å²) < 4.78 is 11.5. The van der Waals surface area contributed by atoms with Crippen LogP contribution in [0.5, 0.6) is 11.5 Å². The number of fused-ring (bicyclic) bond motifs is 2. The lowest BCUT2D eigenvalue weighted by Crippen LogP contribution is -2.53. The van der Waals surface area contributed by atoms with Crippen LogP contribution in [0.3, 0.4) is 0 Å². The molecular formula is C19H26O4. The van der Waals surface area contributed by atoms with E-state index in [4.69, 9.17) is 9.47 Å². The van der Waals surface area contributed by atoms with E-state index >= 15 is 0 Å². The lowest BCUT2D eigenvalue weighted by Gasteiger charge is -2.55. The van der Waals surface area contributed by atoms with Gasteiger partial charge in [0.2, 0.25) is 0 Å². The largest absolute Gasteiger partial charge is 0.504 e. The molecule has 1 aromatic rings. The number of benzene rings is 1. The first kappa shape index (κ1) is 16.3. The van der Waals surface area contributed by atoms with Gasteiger partial charge in [-0.05, 0) is 36.5 Å². The number of hydrogen-bond donors (Lipinski definition) is 2. The number of ether oxygens (including phenoxy) is 2. The Kier molecular flexibility index (Phi) is 4.15. The number of rotatable bonds is 3. The van der Waals surface area contributed by atoms with Crippen LogP contribution in [0, 0.1) is 23.2 Å². The number of aliphatic hydroxyl groups excluding tert-OH is 1. The van der Waals surface area contributed by atoms with Crippen molar-refractivity contribution in [2.45, 2.75) is 26.9 Å². The summed E-state index contributed by atoms with van der Waals surface area (Å²) in [4.78, 5) is 0. The third-order valence-corrected chi connectivity index (χ3v) is 6.08. The van der Waals surface area contributed by atoms with Crippen molar-refractivity contribution in [2.24, 2.45) is 23.2 Å². The van der Waals surface area contributed by atoms with Gasteiger partial charge in [0.25, 0.3) is 0 Å². The van der Waals surface area contributed by atoms with Crippen LogP contribution in [0.4, 0.5) is 0 Å². The highest BCUT2D eigenvalue weighted by Gasteiger charge is 2.53. The van der Waals surface area contributed by atoms with Gasteiger partial charge in [-0.25, -0.2) is 0 Å². The summed E-state index contributed by atoms with van der Waals surface area (Å²) in [6.07, 6.45) is 2.21. The minimum atomic E-state index is -0.207. The molecule has 2 N–H and O–H groups in total. The number of aromatic hydroxyl groups is 1. The molecule has 1 fully saturated rings. The van der Waals surface area contributed by atoms with Crippen LogP contribution in [0.2, 0.25) is 0 Å². The molecule has 1 saturated heterocycles. The van der Waals surface area contributed by atoms with Crippen LogP contribution in [0.25, 0.3) is 0 Å². The van der Waals surface area contributed by atoms with Crippen molar-refractivity contribution in [1.29, 1.82) is 0 Å². The van der Waals surface area contributed by atoms with E-state index in [2.05, 4.69) is 26.8 Å². The van der Waals surface area contributed by atoms with E-state index < -0.39 is 0 Å². The van der Waals surface area contributed by atoms with E-state index in [-0.39, 0.29) is 29.8 Å². The maximum Gasteiger partial charge on any atom is 0.160 e. The van der Waals surface area contributed by atoms with Gasteiger partial charge in [0, 0.05) is 11.3 Å². The Balaban J connectivity index is 2.02. The Morgan fingerprint density at radius 2 is 2.09 bits per heavy atom. The zero-order chi connectivity index (χ0) is 16.8. The highest BCUT2D eigenvalue weighted by Crippen LogP contribution is 2.56. The molecule has 0 radical (unpaired) electrons. The smallest absolute Gasteiger partial charge is 0.160 e. The Morgan fingerprint density at radius 3 is 2.74 bits per heavy atom. The van der Waals surface area contributed by atoms with E-state index in [1.807, 2.05) is 12.1 Å². The molecule has 2 bridgehead atoms. The highest BCUT2D eigenvalue weighted by molar-refractivity contribution is 5.43. The third kappa shape index (κ3) is 2.36. The molecule has 23 heavy (non-hydrogen) atoms. The molecule has 0 aromatic heterocycles. The summed E-state index contributed by atoms with van der Waals surface area (Å²) in [5.41, 5.74) is 2.11. The second-order valence-corrected chi connectivity index (χ2v) is 7.07. The van der Waals surface area contributed by atoms with E-state index in [1.54, 1.807) is 13.2 Å². The summed E-state index contributed by atoms with van der Waals surface area (Å²) in [6, 6.07) is 5.40. The standard InChI is InChI=1S/C19H26O4/c1-11-7-12(2)19(9-20)10-23-18(17(11)13(19)3)14-5-6-15(21)16(8-14)22-4/h5-8,12-13,17-18,20-21H,9-10H2,1-4H3/t12-,13+,17-,18-,19-/m0/s1. The average Bonchev–Trinajstić information content (AvgIpc) is 2.53.